The van der Waals surface area contributed by atoms with E-state index in [1.54, 1.807) is 0 Å². The minimum atomic E-state index is 0.958. The molecule has 0 aliphatic carbocycles. The number of fused-ring (bicyclic) bond motifs is 2. The lowest BCUT2D eigenvalue weighted by atomic mass is 10.1. The molecule has 2 bridgehead atoms. The van der Waals surface area contributed by atoms with Gasteiger partial charge in [0.05, 0.1) is 0 Å². The van der Waals surface area contributed by atoms with Gasteiger partial charge in [-0.3, -0.25) is 0 Å². The quantitative estimate of drug-likeness (QED) is 0.480. The first-order valence-electron chi connectivity index (χ1n) is 9.06. The summed E-state index contributed by atoms with van der Waals surface area (Å²) in [7, 11) is 0. The molecule has 1 aliphatic rings. The molecule has 1 heterocycles. The van der Waals surface area contributed by atoms with Gasteiger partial charge in [0.1, 0.15) is 0 Å². The molecule has 130 valence electrons. The van der Waals surface area contributed by atoms with E-state index in [0.717, 1.165) is 65.4 Å². The lowest BCUT2D eigenvalue weighted by Crippen LogP contribution is -2.34. The molecule has 5 heteroatoms. The Bertz CT molecular complexity index is 377. The van der Waals surface area contributed by atoms with Crippen molar-refractivity contribution in [3.63, 3.8) is 0 Å². The molecule has 0 saturated heterocycles. The predicted molar refractivity (Wildman–Crippen MR) is 97.7 cm³/mol. The molecule has 0 aromatic heterocycles. The molecule has 0 unspecified atom stereocenters. The molecule has 5 N–H and O–H groups in total. The Hall–Kier alpha value is -0.980. The number of rotatable bonds is 0. The topological polar surface area (TPSA) is 60.1 Å². The third-order valence-electron chi connectivity index (χ3n) is 4.02. The average Bonchev–Trinajstić information content (AvgIpc) is 2.57. The highest BCUT2D eigenvalue weighted by Gasteiger charge is 1.97. The van der Waals surface area contributed by atoms with E-state index in [-0.39, 0.29) is 0 Å². The van der Waals surface area contributed by atoms with Crippen molar-refractivity contribution in [2.75, 3.05) is 52.4 Å². The summed E-state index contributed by atoms with van der Waals surface area (Å²) in [6.45, 7) is 10.4. The van der Waals surface area contributed by atoms with Crippen LogP contribution in [0.25, 0.3) is 0 Å². The van der Waals surface area contributed by atoms with Gasteiger partial charge in [0.2, 0.25) is 0 Å². The number of hydrogen-bond donors (Lipinski definition) is 5. The summed E-state index contributed by atoms with van der Waals surface area (Å²) in [4.78, 5) is 0. The fraction of sp³-hybridized carbons (Fsp3) is 0.667. The van der Waals surface area contributed by atoms with Gasteiger partial charge < -0.3 is 26.6 Å². The van der Waals surface area contributed by atoms with Crippen LogP contribution in [0.4, 0.5) is 0 Å². The van der Waals surface area contributed by atoms with E-state index in [2.05, 4.69) is 50.8 Å². The smallest absolute Gasteiger partial charge is 0.0205 e. The second-order valence-electron chi connectivity index (χ2n) is 6.13. The van der Waals surface area contributed by atoms with Crippen LogP contribution >= 0.6 is 0 Å². The third kappa shape index (κ3) is 9.03. The molecule has 5 nitrogen and oxygen atoms in total. The summed E-state index contributed by atoms with van der Waals surface area (Å²) in [6, 6.07) is 8.88. The van der Waals surface area contributed by atoms with Crippen molar-refractivity contribution in [2.24, 2.45) is 0 Å². The van der Waals surface area contributed by atoms with Crippen molar-refractivity contribution in [3.05, 3.63) is 35.4 Å². The Morgan fingerprint density at radius 2 is 0.957 bits per heavy atom. The Morgan fingerprint density at radius 3 is 1.48 bits per heavy atom. The Kier molecular flexibility index (Phi) is 9.93. The van der Waals surface area contributed by atoms with Crippen LogP contribution in [0, 0.1) is 0 Å². The molecule has 1 aromatic rings. The van der Waals surface area contributed by atoms with Crippen LogP contribution in [0.3, 0.4) is 0 Å². The van der Waals surface area contributed by atoms with Gasteiger partial charge in [-0.2, -0.15) is 0 Å². The van der Waals surface area contributed by atoms with E-state index in [9.17, 15) is 0 Å². The number of hydrogen-bond acceptors (Lipinski definition) is 5. The maximum Gasteiger partial charge on any atom is 0.0205 e. The van der Waals surface area contributed by atoms with Crippen molar-refractivity contribution in [1.29, 1.82) is 0 Å². The van der Waals surface area contributed by atoms with Gasteiger partial charge in [-0.1, -0.05) is 24.3 Å². The first kappa shape index (κ1) is 18.4. The van der Waals surface area contributed by atoms with E-state index in [4.69, 9.17) is 0 Å². The van der Waals surface area contributed by atoms with Crippen LogP contribution in [0.15, 0.2) is 24.3 Å². The van der Waals surface area contributed by atoms with E-state index < -0.39 is 0 Å². The first-order chi connectivity index (χ1) is 11.4. The molecule has 0 radical (unpaired) electrons. The summed E-state index contributed by atoms with van der Waals surface area (Å²) in [5.74, 6) is 0. The lowest BCUT2D eigenvalue weighted by molar-refractivity contribution is 0.549. The largest absolute Gasteiger partial charge is 0.315 e. The monoisotopic (exact) mass is 319 g/mol. The van der Waals surface area contributed by atoms with Gasteiger partial charge in [0, 0.05) is 39.3 Å². The Labute approximate surface area is 141 Å². The summed E-state index contributed by atoms with van der Waals surface area (Å²) in [6.07, 6.45) is 2.34. The van der Waals surface area contributed by atoms with Gasteiger partial charge in [-0.05, 0) is 50.1 Å². The SMILES string of the molecule is c1cc2cc(c1)CNCCCNCCNCCNCCCNC2. The maximum atomic E-state index is 3.53. The molecular weight excluding hydrogens is 286 g/mol. The normalized spacial score (nSPS) is 20.7. The minimum Gasteiger partial charge on any atom is -0.315 e. The molecule has 1 aliphatic heterocycles. The molecule has 1 aromatic carbocycles. The van der Waals surface area contributed by atoms with Crippen LogP contribution in [0.5, 0.6) is 0 Å². The Balaban J connectivity index is 1.74. The third-order valence-corrected chi connectivity index (χ3v) is 4.02. The zero-order valence-corrected chi connectivity index (χ0v) is 14.3. The summed E-state index contributed by atoms with van der Waals surface area (Å²) in [5.41, 5.74) is 2.75. The fourth-order valence-corrected chi connectivity index (χ4v) is 2.72. The van der Waals surface area contributed by atoms with E-state index in [1.165, 1.54) is 24.0 Å². The minimum absolute atomic E-state index is 0.958. The maximum absolute atomic E-state index is 3.53. The van der Waals surface area contributed by atoms with Crippen LogP contribution in [-0.4, -0.2) is 52.4 Å². The standard InChI is InChI=1S/C18H33N5/c1-4-17-14-18(5-1)16-23-9-3-7-20-11-13-21-12-10-19-6-2-8-22-15-17/h1,4-5,14,19-23H,2-3,6-13,15-16H2. The van der Waals surface area contributed by atoms with E-state index >= 15 is 0 Å². The zero-order chi connectivity index (χ0) is 16.0. The van der Waals surface area contributed by atoms with Crippen LogP contribution in [0.1, 0.15) is 24.0 Å². The van der Waals surface area contributed by atoms with Crippen molar-refractivity contribution in [2.45, 2.75) is 25.9 Å². The summed E-state index contributed by atoms with van der Waals surface area (Å²) < 4.78 is 0. The van der Waals surface area contributed by atoms with Crippen LogP contribution in [0.2, 0.25) is 0 Å². The lowest BCUT2D eigenvalue weighted by Gasteiger charge is -2.11. The summed E-state index contributed by atoms with van der Waals surface area (Å²) in [5, 5.41) is 17.5. The van der Waals surface area contributed by atoms with Crippen molar-refractivity contribution < 1.29 is 0 Å². The molecular formula is C18H33N5. The fourth-order valence-electron chi connectivity index (χ4n) is 2.72. The summed E-state index contributed by atoms with van der Waals surface area (Å²) >= 11 is 0. The van der Waals surface area contributed by atoms with E-state index in [0.29, 0.717) is 0 Å². The highest BCUT2D eigenvalue weighted by Crippen LogP contribution is 2.05. The van der Waals surface area contributed by atoms with Crippen molar-refractivity contribution >= 4 is 0 Å². The molecule has 0 atom stereocenters. The Morgan fingerprint density at radius 1 is 0.522 bits per heavy atom. The molecule has 0 amide bonds. The molecule has 0 fully saturated rings. The average molecular weight is 319 g/mol. The second kappa shape index (κ2) is 12.4. The molecule has 23 heavy (non-hydrogen) atoms. The van der Waals surface area contributed by atoms with Crippen molar-refractivity contribution in [1.82, 2.24) is 26.6 Å². The highest BCUT2D eigenvalue weighted by atomic mass is 15.0. The van der Waals surface area contributed by atoms with Crippen molar-refractivity contribution in [3.8, 4) is 0 Å². The van der Waals surface area contributed by atoms with Crippen LogP contribution < -0.4 is 26.6 Å². The van der Waals surface area contributed by atoms with Gasteiger partial charge in [0.15, 0.2) is 0 Å². The molecule has 0 spiro atoms. The van der Waals surface area contributed by atoms with Gasteiger partial charge in [-0.15, -0.1) is 0 Å². The zero-order valence-electron chi connectivity index (χ0n) is 14.3. The van der Waals surface area contributed by atoms with E-state index in [1.807, 2.05) is 0 Å². The van der Waals surface area contributed by atoms with Gasteiger partial charge in [0.25, 0.3) is 0 Å². The number of benzene rings is 1. The van der Waals surface area contributed by atoms with Gasteiger partial charge in [-0.25, -0.2) is 0 Å². The second-order valence-corrected chi connectivity index (χ2v) is 6.13. The first-order valence-corrected chi connectivity index (χ1v) is 9.06. The highest BCUT2D eigenvalue weighted by molar-refractivity contribution is 5.23. The number of nitrogens with one attached hydrogen (secondary N) is 5. The predicted octanol–water partition coefficient (Wildman–Crippen LogP) is 0.428. The molecule has 0 saturated carbocycles. The molecule has 2 rings (SSSR count). The van der Waals surface area contributed by atoms with Crippen LogP contribution in [-0.2, 0) is 13.1 Å². The van der Waals surface area contributed by atoms with Gasteiger partial charge >= 0.3 is 0 Å².